The maximum atomic E-state index is 12.2. The number of amides is 2. The second-order valence-electron chi connectivity index (χ2n) is 7.01. The van der Waals surface area contributed by atoms with Crippen molar-refractivity contribution in [2.24, 2.45) is 0 Å². The fourth-order valence-electron chi connectivity index (χ4n) is 2.86. The highest BCUT2D eigenvalue weighted by atomic mass is 16.5. The lowest BCUT2D eigenvalue weighted by atomic mass is 10.1. The van der Waals surface area contributed by atoms with Gasteiger partial charge in [0.05, 0.1) is 7.11 Å². The van der Waals surface area contributed by atoms with E-state index in [-0.39, 0.29) is 24.3 Å². The summed E-state index contributed by atoms with van der Waals surface area (Å²) in [6, 6.07) is 19.5. The number of ether oxygens (including phenoxy) is 2. The summed E-state index contributed by atoms with van der Waals surface area (Å²) in [5, 5.41) is 5.67. The lowest BCUT2D eigenvalue weighted by Gasteiger charge is -2.14. The fraction of sp³-hybridized carbons (Fsp3) is 0.208. The summed E-state index contributed by atoms with van der Waals surface area (Å²) in [4.78, 5) is 28.6. The Morgan fingerprint density at radius 3 is 2.48 bits per heavy atom. The Morgan fingerprint density at radius 2 is 1.77 bits per heavy atom. The second kappa shape index (κ2) is 10.8. The third kappa shape index (κ3) is 6.85. The predicted molar refractivity (Wildman–Crippen MR) is 117 cm³/mol. The van der Waals surface area contributed by atoms with E-state index in [1.54, 1.807) is 56.6 Å². The van der Waals surface area contributed by atoms with Gasteiger partial charge in [0.1, 0.15) is 11.5 Å². The highest BCUT2D eigenvalue weighted by molar-refractivity contribution is 5.94. The van der Waals surface area contributed by atoms with Crippen LogP contribution in [-0.2, 0) is 11.3 Å². The molecule has 0 aliphatic carbocycles. The summed E-state index contributed by atoms with van der Waals surface area (Å²) in [5.41, 5.74) is 1.41. The fourth-order valence-corrected chi connectivity index (χ4v) is 2.86. The standard InChI is InChI=1S/C24H25N3O4/c1-17(27-24(29)19-7-4-3-5-8-19)13-22(28)25-15-18-11-12-23(26-16-18)31-21-10-6-9-20(14-21)30-2/h3-12,14,16-17H,13,15H2,1-2H3,(H,25,28)(H,27,29). The first-order valence-corrected chi connectivity index (χ1v) is 9.93. The van der Waals surface area contributed by atoms with E-state index in [2.05, 4.69) is 15.6 Å². The average molecular weight is 419 g/mol. The molecule has 0 spiro atoms. The summed E-state index contributed by atoms with van der Waals surface area (Å²) in [5.74, 6) is 1.42. The molecule has 160 valence electrons. The van der Waals surface area contributed by atoms with Crippen LogP contribution in [-0.4, -0.2) is 29.9 Å². The zero-order valence-corrected chi connectivity index (χ0v) is 17.5. The van der Waals surface area contributed by atoms with E-state index in [0.717, 1.165) is 5.56 Å². The average Bonchev–Trinajstić information content (AvgIpc) is 2.79. The quantitative estimate of drug-likeness (QED) is 0.552. The van der Waals surface area contributed by atoms with Gasteiger partial charge in [-0.1, -0.05) is 30.3 Å². The minimum absolute atomic E-state index is 0.155. The van der Waals surface area contributed by atoms with Gasteiger partial charge in [-0.2, -0.15) is 0 Å². The monoisotopic (exact) mass is 419 g/mol. The molecule has 2 N–H and O–H groups in total. The van der Waals surface area contributed by atoms with Crippen molar-refractivity contribution in [3.05, 3.63) is 84.1 Å². The van der Waals surface area contributed by atoms with Crippen LogP contribution in [0.15, 0.2) is 72.9 Å². The van der Waals surface area contributed by atoms with Crippen LogP contribution in [0, 0.1) is 0 Å². The van der Waals surface area contributed by atoms with Gasteiger partial charge >= 0.3 is 0 Å². The van der Waals surface area contributed by atoms with Gasteiger partial charge in [-0.25, -0.2) is 4.98 Å². The first kappa shape index (κ1) is 21.8. The normalized spacial score (nSPS) is 11.3. The van der Waals surface area contributed by atoms with E-state index < -0.39 is 0 Å². The zero-order chi connectivity index (χ0) is 22.1. The lowest BCUT2D eigenvalue weighted by molar-refractivity contribution is -0.121. The lowest BCUT2D eigenvalue weighted by Crippen LogP contribution is -2.37. The van der Waals surface area contributed by atoms with Gasteiger partial charge in [0.25, 0.3) is 5.91 Å². The van der Waals surface area contributed by atoms with Gasteiger partial charge in [0.15, 0.2) is 0 Å². The van der Waals surface area contributed by atoms with E-state index in [9.17, 15) is 9.59 Å². The molecule has 0 radical (unpaired) electrons. The molecule has 0 saturated carbocycles. The topological polar surface area (TPSA) is 89.5 Å². The smallest absolute Gasteiger partial charge is 0.251 e. The Labute approximate surface area is 181 Å². The van der Waals surface area contributed by atoms with Crippen LogP contribution >= 0.6 is 0 Å². The zero-order valence-electron chi connectivity index (χ0n) is 17.5. The van der Waals surface area contributed by atoms with Crippen LogP contribution in [0.1, 0.15) is 29.3 Å². The first-order chi connectivity index (χ1) is 15.0. The van der Waals surface area contributed by atoms with E-state index in [1.807, 2.05) is 30.3 Å². The second-order valence-corrected chi connectivity index (χ2v) is 7.01. The minimum Gasteiger partial charge on any atom is -0.497 e. The molecule has 3 rings (SSSR count). The van der Waals surface area contributed by atoms with Crippen molar-refractivity contribution in [3.63, 3.8) is 0 Å². The number of carbonyl (C=O) groups excluding carboxylic acids is 2. The molecule has 2 aromatic carbocycles. The van der Waals surface area contributed by atoms with Gasteiger partial charge in [-0.05, 0) is 36.8 Å². The number of rotatable bonds is 9. The summed E-state index contributed by atoms with van der Waals surface area (Å²) >= 11 is 0. The molecule has 0 aliphatic rings. The van der Waals surface area contributed by atoms with Gasteiger partial charge in [-0.15, -0.1) is 0 Å². The Kier molecular flexibility index (Phi) is 7.59. The maximum absolute atomic E-state index is 12.2. The van der Waals surface area contributed by atoms with Crippen molar-refractivity contribution in [1.29, 1.82) is 0 Å². The van der Waals surface area contributed by atoms with Crippen LogP contribution in [0.5, 0.6) is 17.4 Å². The van der Waals surface area contributed by atoms with Crippen LogP contribution in [0.3, 0.4) is 0 Å². The Hall–Kier alpha value is -3.87. The molecule has 2 amide bonds. The number of nitrogens with one attached hydrogen (secondary N) is 2. The van der Waals surface area contributed by atoms with E-state index in [0.29, 0.717) is 29.5 Å². The molecule has 3 aromatic rings. The number of aromatic nitrogens is 1. The summed E-state index contributed by atoms with van der Waals surface area (Å²) in [7, 11) is 1.60. The minimum atomic E-state index is -0.288. The molecule has 0 aliphatic heterocycles. The number of nitrogens with zero attached hydrogens (tertiary/aromatic N) is 1. The van der Waals surface area contributed by atoms with Crippen molar-refractivity contribution in [2.75, 3.05) is 7.11 Å². The van der Waals surface area contributed by atoms with E-state index in [1.165, 1.54) is 0 Å². The van der Waals surface area contributed by atoms with Crippen LogP contribution in [0.25, 0.3) is 0 Å². The largest absolute Gasteiger partial charge is 0.497 e. The van der Waals surface area contributed by atoms with Crippen molar-refractivity contribution < 1.29 is 19.1 Å². The number of hydrogen-bond donors (Lipinski definition) is 2. The van der Waals surface area contributed by atoms with Gasteiger partial charge in [-0.3, -0.25) is 9.59 Å². The number of methoxy groups -OCH3 is 1. The molecule has 0 fully saturated rings. The van der Waals surface area contributed by atoms with E-state index >= 15 is 0 Å². The molecular formula is C24H25N3O4. The molecule has 7 nitrogen and oxygen atoms in total. The van der Waals surface area contributed by atoms with Crippen molar-refractivity contribution in [3.8, 4) is 17.4 Å². The third-order valence-electron chi connectivity index (χ3n) is 4.46. The molecule has 1 aromatic heterocycles. The predicted octanol–water partition coefficient (Wildman–Crippen LogP) is 3.71. The summed E-state index contributed by atoms with van der Waals surface area (Å²) in [6.07, 6.45) is 1.83. The summed E-state index contributed by atoms with van der Waals surface area (Å²) in [6.45, 7) is 2.14. The van der Waals surface area contributed by atoms with Crippen LogP contribution < -0.4 is 20.1 Å². The Bertz CT molecular complexity index is 1010. The summed E-state index contributed by atoms with van der Waals surface area (Å²) < 4.78 is 10.9. The molecule has 1 heterocycles. The van der Waals surface area contributed by atoms with Crippen molar-refractivity contribution in [1.82, 2.24) is 15.6 Å². The highest BCUT2D eigenvalue weighted by Crippen LogP contribution is 2.23. The first-order valence-electron chi connectivity index (χ1n) is 9.93. The number of benzene rings is 2. The number of hydrogen-bond acceptors (Lipinski definition) is 5. The number of pyridine rings is 1. The molecule has 0 saturated heterocycles. The number of carbonyl (C=O) groups is 2. The molecule has 1 atom stereocenters. The molecule has 1 unspecified atom stereocenters. The molecule has 31 heavy (non-hydrogen) atoms. The Morgan fingerprint density at radius 1 is 1.00 bits per heavy atom. The molecule has 0 bridgehead atoms. The van der Waals surface area contributed by atoms with Gasteiger partial charge in [0.2, 0.25) is 11.8 Å². The maximum Gasteiger partial charge on any atom is 0.251 e. The SMILES string of the molecule is COc1cccc(Oc2ccc(CNC(=O)CC(C)NC(=O)c3ccccc3)cn2)c1. The van der Waals surface area contributed by atoms with Crippen LogP contribution in [0.4, 0.5) is 0 Å². The van der Waals surface area contributed by atoms with Crippen molar-refractivity contribution >= 4 is 11.8 Å². The Balaban J connectivity index is 1.44. The van der Waals surface area contributed by atoms with Gasteiger partial charge < -0.3 is 20.1 Å². The molecular weight excluding hydrogens is 394 g/mol. The van der Waals surface area contributed by atoms with E-state index in [4.69, 9.17) is 9.47 Å². The van der Waals surface area contributed by atoms with Gasteiger partial charge in [0, 0.05) is 42.9 Å². The third-order valence-corrected chi connectivity index (χ3v) is 4.46. The van der Waals surface area contributed by atoms with Crippen molar-refractivity contribution in [2.45, 2.75) is 25.9 Å². The molecule has 7 heteroatoms. The van der Waals surface area contributed by atoms with Crippen LogP contribution in [0.2, 0.25) is 0 Å². The highest BCUT2D eigenvalue weighted by Gasteiger charge is 2.13.